The van der Waals surface area contributed by atoms with E-state index in [0.29, 0.717) is 5.69 Å². The van der Waals surface area contributed by atoms with Crippen LogP contribution in [0, 0.1) is 6.92 Å². The summed E-state index contributed by atoms with van der Waals surface area (Å²) in [6.07, 6.45) is 0. The van der Waals surface area contributed by atoms with Crippen LogP contribution in [0.15, 0.2) is 53.4 Å². The summed E-state index contributed by atoms with van der Waals surface area (Å²) in [6.45, 7) is 1.89. The average molecular weight is 291 g/mol. The smallest absolute Gasteiger partial charge is 0.337 e. The van der Waals surface area contributed by atoms with Crippen LogP contribution in [0.25, 0.3) is 0 Å². The number of aromatic carboxylic acids is 1. The van der Waals surface area contributed by atoms with Gasteiger partial charge < -0.3 is 5.11 Å². The minimum Gasteiger partial charge on any atom is -0.478 e. The van der Waals surface area contributed by atoms with Crippen LogP contribution in [0.4, 0.5) is 5.69 Å². The molecule has 2 rings (SSSR count). The number of benzene rings is 2. The van der Waals surface area contributed by atoms with Crippen LogP contribution in [-0.4, -0.2) is 19.5 Å². The molecule has 5 nitrogen and oxygen atoms in total. The minimum absolute atomic E-state index is 0.256. The van der Waals surface area contributed by atoms with Crippen molar-refractivity contribution in [2.24, 2.45) is 0 Å². The standard InChI is InChI=1S/C14H13NO4S/c1-10-6-8-11(9-7-10)15-20(18,19)13-5-3-2-4-12(13)14(16)17/h2-9,15H,1H3,(H,16,17). The Hall–Kier alpha value is -2.34. The molecule has 104 valence electrons. The number of carbonyl (C=O) groups is 1. The van der Waals surface area contributed by atoms with Gasteiger partial charge in [0, 0.05) is 5.69 Å². The Morgan fingerprint density at radius 3 is 2.25 bits per heavy atom. The van der Waals surface area contributed by atoms with Gasteiger partial charge in [-0.3, -0.25) is 4.72 Å². The molecule has 0 amide bonds. The summed E-state index contributed by atoms with van der Waals surface area (Å²) < 4.78 is 26.8. The van der Waals surface area contributed by atoms with E-state index < -0.39 is 16.0 Å². The number of sulfonamides is 1. The van der Waals surface area contributed by atoms with Crippen molar-refractivity contribution in [2.75, 3.05) is 4.72 Å². The monoisotopic (exact) mass is 291 g/mol. The molecule has 0 unspecified atom stereocenters. The van der Waals surface area contributed by atoms with Gasteiger partial charge in [-0.1, -0.05) is 29.8 Å². The van der Waals surface area contributed by atoms with Crippen molar-refractivity contribution in [3.63, 3.8) is 0 Å². The van der Waals surface area contributed by atoms with Gasteiger partial charge in [0.25, 0.3) is 10.0 Å². The molecular formula is C14H13NO4S. The lowest BCUT2D eigenvalue weighted by Crippen LogP contribution is -2.16. The van der Waals surface area contributed by atoms with Crippen LogP contribution < -0.4 is 4.72 Å². The van der Waals surface area contributed by atoms with Crippen molar-refractivity contribution in [1.29, 1.82) is 0 Å². The zero-order chi connectivity index (χ0) is 14.8. The van der Waals surface area contributed by atoms with Gasteiger partial charge in [-0.05, 0) is 31.2 Å². The van der Waals surface area contributed by atoms with Gasteiger partial charge in [-0.15, -0.1) is 0 Å². The lowest BCUT2D eigenvalue weighted by atomic mass is 10.2. The van der Waals surface area contributed by atoms with Gasteiger partial charge >= 0.3 is 5.97 Å². The molecule has 0 aliphatic rings. The van der Waals surface area contributed by atoms with E-state index in [9.17, 15) is 13.2 Å². The first-order valence-electron chi connectivity index (χ1n) is 5.82. The van der Waals surface area contributed by atoms with E-state index in [-0.39, 0.29) is 10.5 Å². The molecule has 0 fully saturated rings. The molecule has 0 radical (unpaired) electrons. The molecule has 0 bridgehead atoms. The second-order valence-electron chi connectivity index (χ2n) is 4.27. The number of hydrogen-bond donors (Lipinski definition) is 2. The van der Waals surface area contributed by atoms with Gasteiger partial charge in [0.05, 0.1) is 5.56 Å². The molecular weight excluding hydrogens is 278 g/mol. The molecule has 2 aromatic carbocycles. The number of anilines is 1. The maximum Gasteiger partial charge on any atom is 0.337 e. The topological polar surface area (TPSA) is 83.5 Å². The van der Waals surface area contributed by atoms with Crippen molar-refractivity contribution in [1.82, 2.24) is 0 Å². The fraction of sp³-hybridized carbons (Fsp3) is 0.0714. The molecule has 0 atom stereocenters. The quantitative estimate of drug-likeness (QED) is 0.906. The lowest BCUT2D eigenvalue weighted by molar-refractivity contribution is 0.0692. The highest BCUT2D eigenvalue weighted by Gasteiger charge is 2.21. The van der Waals surface area contributed by atoms with Crippen molar-refractivity contribution >= 4 is 21.7 Å². The third-order valence-electron chi connectivity index (χ3n) is 2.71. The largest absolute Gasteiger partial charge is 0.478 e. The summed E-state index contributed by atoms with van der Waals surface area (Å²) in [5.41, 5.74) is 1.13. The van der Waals surface area contributed by atoms with Gasteiger partial charge in [0.15, 0.2) is 0 Å². The summed E-state index contributed by atoms with van der Waals surface area (Å²) in [5, 5.41) is 9.04. The maximum atomic E-state index is 12.2. The first-order chi connectivity index (χ1) is 9.40. The van der Waals surface area contributed by atoms with Crippen molar-refractivity contribution in [3.05, 3.63) is 59.7 Å². The molecule has 6 heteroatoms. The van der Waals surface area contributed by atoms with Crippen LogP contribution in [0.3, 0.4) is 0 Å². The molecule has 0 aromatic heterocycles. The Bertz CT molecular complexity index is 736. The summed E-state index contributed by atoms with van der Waals surface area (Å²) >= 11 is 0. The molecule has 0 heterocycles. The molecule has 2 N–H and O–H groups in total. The second kappa shape index (κ2) is 5.34. The zero-order valence-corrected chi connectivity index (χ0v) is 11.5. The van der Waals surface area contributed by atoms with Crippen LogP contribution in [0.1, 0.15) is 15.9 Å². The van der Waals surface area contributed by atoms with E-state index in [1.165, 1.54) is 24.3 Å². The van der Waals surface area contributed by atoms with Gasteiger partial charge in [0.1, 0.15) is 4.90 Å². The molecule has 0 saturated carbocycles. The molecule has 2 aromatic rings. The summed E-state index contributed by atoms with van der Waals surface area (Å²) in [7, 11) is -3.93. The molecule has 0 aliphatic carbocycles. The average Bonchev–Trinajstić information content (AvgIpc) is 2.41. The van der Waals surface area contributed by atoms with E-state index in [0.717, 1.165) is 5.56 Å². The van der Waals surface area contributed by atoms with E-state index >= 15 is 0 Å². The molecule has 0 spiro atoms. The van der Waals surface area contributed by atoms with Gasteiger partial charge in [-0.2, -0.15) is 0 Å². The van der Waals surface area contributed by atoms with Gasteiger partial charge in [0.2, 0.25) is 0 Å². The summed E-state index contributed by atoms with van der Waals surface area (Å²) in [6, 6.07) is 12.3. The van der Waals surface area contributed by atoms with Crippen LogP contribution in [0.2, 0.25) is 0 Å². The van der Waals surface area contributed by atoms with E-state index in [1.807, 2.05) is 6.92 Å². The number of nitrogens with one attached hydrogen (secondary N) is 1. The Kier molecular flexibility index (Phi) is 3.76. The minimum atomic E-state index is -3.93. The highest BCUT2D eigenvalue weighted by molar-refractivity contribution is 7.92. The number of aryl methyl sites for hydroxylation is 1. The Morgan fingerprint density at radius 2 is 1.65 bits per heavy atom. The first kappa shape index (κ1) is 14.1. The third kappa shape index (κ3) is 2.97. The van der Waals surface area contributed by atoms with Crippen LogP contribution >= 0.6 is 0 Å². The normalized spacial score (nSPS) is 11.1. The van der Waals surface area contributed by atoms with Crippen LogP contribution in [-0.2, 0) is 10.0 Å². The fourth-order valence-corrected chi connectivity index (χ4v) is 2.97. The number of hydrogen-bond acceptors (Lipinski definition) is 3. The van der Waals surface area contributed by atoms with Gasteiger partial charge in [-0.25, -0.2) is 13.2 Å². The van der Waals surface area contributed by atoms with E-state index in [4.69, 9.17) is 5.11 Å². The predicted molar refractivity (Wildman–Crippen MR) is 75.4 cm³/mol. The first-order valence-corrected chi connectivity index (χ1v) is 7.30. The summed E-state index contributed by atoms with van der Waals surface area (Å²) in [5.74, 6) is -1.28. The number of carboxylic acids is 1. The second-order valence-corrected chi connectivity index (χ2v) is 5.92. The Labute approximate surface area is 116 Å². The maximum absolute atomic E-state index is 12.2. The van der Waals surface area contributed by atoms with Crippen molar-refractivity contribution in [2.45, 2.75) is 11.8 Å². The summed E-state index contributed by atoms with van der Waals surface area (Å²) in [4.78, 5) is 10.8. The van der Waals surface area contributed by atoms with Crippen molar-refractivity contribution in [3.8, 4) is 0 Å². The number of rotatable bonds is 4. The Morgan fingerprint density at radius 1 is 1.05 bits per heavy atom. The SMILES string of the molecule is Cc1ccc(NS(=O)(=O)c2ccccc2C(=O)O)cc1. The third-order valence-corrected chi connectivity index (χ3v) is 4.15. The molecule has 20 heavy (non-hydrogen) atoms. The molecule has 0 aliphatic heterocycles. The van der Waals surface area contributed by atoms with E-state index in [2.05, 4.69) is 4.72 Å². The molecule has 0 saturated heterocycles. The fourth-order valence-electron chi connectivity index (χ4n) is 1.71. The predicted octanol–water partition coefficient (Wildman–Crippen LogP) is 2.49. The zero-order valence-electron chi connectivity index (χ0n) is 10.7. The highest BCUT2D eigenvalue weighted by Crippen LogP contribution is 2.20. The van der Waals surface area contributed by atoms with E-state index in [1.54, 1.807) is 24.3 Å². The number of carboxylic acid groups (broad SMARTS) is 1. The van der Waals surface area contributed by atoms with Crippen LogP contribution in [0.5, 0.6) is 0 Å². The lowest BCUT2D eigenvalue weighted by Gasteiger charge is -2.10. The Balaban J connectivity index is 2.41. The highest BCUT2D eigenvalue weighted by atomic mass is 32.2. The van der Waals surface area contributed by atoms with Crippen molar-refractivity contribution < 1.29 is 18.3 Å².